The summed E-state index contributed by atoms with van der Waals surface area (Å²) in [7, 11) is 0. The molecule has 0 N–H and O–H groups in total. The molecule has 0 aromatic heterocycles. The second kappa shape index (κ2) is 7.96. The number of anilines is 3. The zero-order valence-corrected chi connectivity index (χ0v) is 21.1. The molecule has 0 saturated carbocycles. The molecular formula is C35H29N. The SMILES string of the molecule is Cc1ccc(N(c2ccc(C)cc2)c2ccc3c(c2)Cc2c-3ccc3c2Cc2cc(C)ccc2-3)cc1. The molecule has 174 valence electrons. The van der Waals surface area contributed by atoms with E-state index >= 15 is 0 Å². The van der Waals surface area contributed by atoms with E-state index in [1.807, 2.05) is 0 Å². The highest BCUT2D eigenvalue weighted by molar-refractivity contribution is 5.88. The molecule has 36 heavy (non-hydrogen) atoms. The quantitative estimate of drug-likeness (QED) is 0.252. The Balaban J connectivity index is 1.31. The molecule has 2 aliphatic rings. The Bertz CT molecular complexity index is 1590. The number of hydrogen-bond acceptors (Lipinski definition) is 1. The summed E-state index contributed by atoms with van der Waals surface area (Å²) < 4.78 is 0. The molecule has 0 spiro atoms. The summed E-state index contributed by atoms with van der Waals surface area (Å²) in [6.45, 7) is 6.48. The van der Waals surface area contributed by atoms with Crippen LogP contribution in [0.15, 0.2) is 97.1 Å². The van der Waals surface area contributed by atoms with E-state index in [0.29, 0.717) is 0 Å². The molecular weight excluding hydrogens is 434 g/mol. The van der Waals surface area contributed by atoms with E-state index in [1.54, 1.807) is 0 Å². The molecule has 0 heterocycles. The topological polar surface area (TPSA) is 3.24 Å². The van der Waals surface area contributed by atoms with Gasteiger partial charge in [-0.05, 0) is 115 Å². The van der Waals surface area contributed by atoms with Crippen molar-refractivity contribution in [1.82, 2.24) is 0 Å². The van der Waals surface area contributed by atoms with Gasteiger partial charge in [0.15, 0.2) is 0 Å². The van der Waals surface area contributed by atoms with E-state index in [0.717, 1.165) is 12.8 Å². The second-order valence-corrected chi connectivity index (χ2v) is 10.5. The molecule has 7 rings (SSSR count). The summed E-state index contributed by atoms with van der Waals surface area (Å²) in [6.07, 6.45) is 2.06. The zero-order chi connectivity index (χ0) is 24.4. The molecule has 0 amide bonds. The number of nitrogens with zero attached hydrogens (tertiary/aromatic N) is 1. The highest BCUT2D eigenvalue weighted by Gasteiger charge is 2.28. The maximum atomic E-state index is 2.41. The smallest absolute Gasteiger partial charge is 0.0464 e. The zero-order valence-electron chi connectivity index (χ0n) is 21.1. The fourth-order valence-corrected chi connectivity index (χ4v) is 6.08. The molecule has 0 bridgehead atoms. The Kier molecular flexibility index (Phi) is 4.69. The van der Waals surface area contributed by atoms with Crippen molar-refractivity contribution in [3.63, 3.8) is 0 Å². The summed E-state index contributed by atoms with van der Waals surface area (Å²) in [5.74, 6) is 0. The van der Waals surface area contributed by atoms with Crippen LogP contribution in [-0.2, 0) is 12.8 Å². The third-order valence-electron chi connectivity index (χ3n) is 7.94. The molecule has 0 fully saturated rings. The second-order valence-electron chi connectivity index (χ2n) is 10.5. The number of hydrogen-bond donors (Lipinski definition) is 0. The highest BCUT2D eigenvalue weighted by atomic mass is 15.1. The molecule has 0 aliphatic heterocycles. The van der Waals surface area contributed by atoms with Crippen LogP contribution in [0.3, 0.4) is 0 Å². The van der Waals surface area contributed by atoms with E-state index in [1.165, 1.54) is 78.3 Å². The molecule has 0 unspecified atom stereocenters. The first-order valence-corrected chi connectivity index (χ1v) is 12.9. The first-order valence-electron chi connectivity index (χ1n) is 12.9. The van der Waals surface area contributed by atoms with Crippen molar-refractivity contribution < 1.29 is 0 Å². The van der Waals surface area contributed by atoms with Gasteiger partial charge >= 0.3 is 0 Å². The lowest BCUT2D eigenvalue weighted by molar-refractivity contribution is 1.16. The van der Waals surface area contributed by atoms with Gasteiger partial charge in [-0.3, -0.25) is 0 Å². The first-order chi connectivity index (χ1) is 17.5. The number of fused-ring (bicyclic) bond motifs is 7. The fraction of sp³-hybridized carbons (Fsp3) is 0.143. The lowest BCUT2D eigenvalue weighted by Gasteiger charge is -2.26. The Morgan fingerprint density at radius 3 is 1.39 bits per heavy atom. The standard InChI is InChI=1S/C35H29N/c1-22-4-9-27(10-5-22)36(28-11-6-23(2)7-12-28)29-13-15-31-26(19-29)21-35-33(31)17-16-32-30-14-8-24(3)18-25(30)20-34(32)35/h4-19H,20-21H2,1-3H3. The third kappa shape index (κ3) is 3.31. The number of rotatable bonds is 3. The molecule has 1 nitrogen and oxygen atoms in total. The van der Waals surface area contributed by atoms with Crippen LogP contribution in [0.2, 0.25) is 0 Å². The van der Waals surface area contributed by atoms with Gasteiger partial charge in [-0.1, -0.05) is 77.4 Å². The van der Waals surface area contributed by atoms with Crippen molar-refractivity contribution in [2.45, 2.75) is 33.6 Å². The average molecular weight is 464 g/mol. The summed E-state index contributed by atoms with van der Waals surface area (Å²) in [5.41, 5.74) is 19.1. The van der Waals surface area contributed by atoms with E-state index in [-0.39, 0.29) is 0 Å². The lowest BCUT2D eigenvalue weighted by atomic mass is 9.96. The lowest BCUT2D eigenvalue weighted by Crippen LogP contribution is -2.10. The minimum atomic E-state index is 1.00. The molecule has 5 aromatic rings. The minimum Gasteiger partial charge on any atom is -0.310 e. The van der Waals surface area contributed by atoms with Crippen LogP contribution in [0, 0.1) is 20.8 Å². The van der Waals surface area contributed by atoms with Crippen LogP contribution in [0.1, 0.15) is 38.9 Å². The van der Waals surface area contributed by atoms with Crippen LogP contribution in [0.5, 0.6) is 0 Å². The number of benzene rings is 5. The van der Waals surface area contributed by atoms with Crippen LogP contribution in [-0.4, -0.2) is 0 Å². The predicted octanol–water partition coefficient (Wildman–Crippen LogP) is 9.22. The van der Waals surface area contributed by atoms with Crippen LogP contribution < -0.4 is 4.90 Å². The van der Waals surface area contributed by atoms with Gasteiger partial charge in [-0.15, -0.1) is 0 Å². The van der Waals surface area contributed by atoms with Crippen molar-refractivity contribution >= 4 is 17.1 Å². The van der Waals surface area contributed by atoms with Gasteiger partial charge in [-0.25, -0.2) is 0 Å². The normalized spacial score (nSPS) is 12.6. The van der Waals surface area contributed by atoms with Crippen LogP contribution >= 0.6 is 0 Å². The fourth-order valence-electron chi connectivity index (χ4n) is 6.08. The molecule has 2 aliphatic carbocycles. The van der Waals surface area contributed by atoms with Gasteiger partial charge in [0.1, 0.15) is 0 Å². The Labute approximate surface area is 213 Å². The van der Waals surface area contributed by atoms with Gasteiger partial charge in [0.2, 0.25) is 0 Å². The van der Waals surface area contributed by atoms with Crippen molar-refractivity contribution in [1.29, 1.82) is 0 Å². The molecule has 0 atom stereocenters. The Morgan fingerprint density at radius 2 is 0.833 bits per heavy atom. The summed E-state index contributed by atoms with van der Waals surface area (Å²) >= 11 is 0. The summed E-state index contributed by atoms with van der Waals surface area (Å²) in [4.78, 5) is 2.38. The maximum absolute atomic E-state index is 2.41. The Hall–Kier alpha value is -4.10. The molecule has 1 heteroatoms. The third-order valence-corrected chi connectivity index (χ3v) is 7.94. The maximum Gasteiger partial charge on any atom is 0.0464 e. The van der Waals surface area contributed by atoms with E-state index < -0.39 is 0 Å². The molecule has 5 aromatic carbocycles. The first kappa shape index (κ1) is 21.2. The Morgan fingerprint density at radius 1 is 0.417 bits per heavy atom. The predicted molar refractivity (Wildman–Crippen MR) is 152 cm³/mol. The van der Waals surface area contributed by atoms with E-state index in [9.17, 15) is 0 Å². The van der Waals surface area contributed by atoms with E-state index in [4.69, 9.17) is 0 Å². The summed E-state index contributed by atoms with van der Waals surface area (Å²) in [5, 5.41) is 0. The van der Waals surface area contributed by atoms with Gasteiger partial charge in [0.25, 0.3) is 0 Å². The average Bonchev–Trinajstić information content (AvgIpc) is 3.44. The van der Waals surface area contributed by atoms with Crippen LogP contribution in [0.25, 0.3) is 22.3 Å². The minimum absolute atomic E-state index is 1.00. The van der Waals surface area contributed by atoms with Crippen molar-refractivity contribution in [3.05, 3.63) is 136 Å². The van der Waals surface area contributed by atoms with Crippen LogP contribution in [0.4, 0.5) is 17.1 Å². The van der Waals surface area contributed by atoms with Crippen molar-refractivity contribution in [3.8, 4) is 22.3 Å². The largest absolute Gasteiger partial charge is 0.310 e. The number of aryl methyl sites for hydroxylation is 3. The summed E-state index contributed by atoms with van der Waals surface area (Å²) in [6, 6.07) is 36.3. The monoisotopic (exact) mass is 463 g/mol. The van der Waals surface area contributed by atoms with Gasteiger partial charge in [0, 0.05) is 17.1 Å². The van der Waals surface area contributed by atoms with Crippen molar-refractivity contribution in [2.75, 3.05) is 4.90 Å². The van der Waals surface area contributed by atoms with Gasteiger partial charge in [0.05, 0.1) is 0 Å². The van der Waals surface area contributed by atoms with Gasteiger partial charge < -0.3 is 4.90 Å². The van der Waals surface area contributed by atoms with Crippen molar-refractivity contribution in [2.24, 2.45) is 0 Å². The van der Waals surface area contributed by atoms with E-state index in [2.05, 4.69) is 123 Å². The van der Waals surface area contributed by atoms with Gasteiger partial charge in [-0.2, -0.15) is 0 Å². The molecule has 0 radical (unpaired) electrons. The highest BCUT2D eigenvalue weighted by Crippen LogP contribution is 2.48. The molecule has 0 saturated heterocycles.